The van der Waals surface area contributed by atoms with Crippen LogP contribution in [-0.4, -0.2) is 34.6 Å². The number of nitrogens with one attached hydrogen (secondary N) is 1. The molecule has 0 bridgehead atoms. The molecule has 1 aliphatic rings. The molecule has 0 amide bonds. The van der Waals surface area contributed by atoms with Crippen molar-refractivity contribution in [1.29, 1.82) is 0 Å². The summed E-state index contributed by atoms with van der Waals surface area (Å²) in [6.07, 6.45) is 5.57. The molecule has 2 aromatic heterocycles. The summed E-state index contributed by atoms with van der Waals surface area (Å²) in [4.78, 5) is 22.9. The molecule has 0 radical (unpaired) electrons. The van der Waals surface area contributed by atoms with Crippen LogP contribution < -0.4 is 10.9 Å². The van der Waals surface area contributed by atoms with E-state index in [2.05, 4.69) is 24.2 Å². The molecular weight excluding hydrogens is 404 g/mol. The van der Waals surface area contributed by atoms with E-state index >= 15 is 0 Å². The number of nitrogens with zero attached hydrogens (tertiary/aromatic N) is 3. The van der Waals surface area contributed by atoms with E-state index in [1.54, 1.807) is 15.9 Å². The lowest BCUT2D eigenvalue weighted by molar-refractivity contribution is 0.318. The molecule has 1 N–H and O–H groups in total. The van der Waals surface area contributed by atoms with Gasteiger partial charge in [0.15, 0.2) is 0 Å². The third kappa shape index (κ3) is 4.20. The van der Waals surface area contributed by atoms with Crippen LogP contribution in [0.4, 0.5) is 5.95 Å². The van der Waals surface area contributed by atoms with Crippen LogP contribution in [0.15, 0.2) is 29.1 Å². The van der Waals surface area contributed by atoms with Gasteiger partial charge in [0.05, 0.1) is 11.1 Å². The first-order chi connectivity index (χ1) is 14.1. The Morgan fingerprint density at radius 2 is 2.00 bits per heavy atom. The minimum atomic E-state index is 0.00966. The zero-order valence-corrected chi connectivity index (χ0v) is 18.6. The number of thiophene rings is 1. The van der Waals surface area contributed by atoms with Gasteiger partial charge in [0.2, 0.25) is 5.95 Å². The first-order valence-electron chi connectivity index (χ1n) is 10.3. The van der Waals surface area contributed by atoms with E-state index in [-0.39, 0.29) is 5.56 Å². The van der Waals surface area contributed by atoms with Crippen LogP contribution in [-0.2, 0) is 13.0 Å². The Balaban J connectivity index is 1.80. The maximum Gasteiger partial charge on any atom is 0.268 e. The highest BCUT2D eigenvalue weighted by atomic mass is 35.5. The quantitative estimate of drug-likeness (QED) is 0.531. The molecule has 1 aromatic carbocycles. The lowest BCUT2D eigenvalue weighted by atomic mass is 10.1. The van der Waals surface area contributed by atoms with Crippen LogP contribution in [0.1, 0.15) is 43.0 Å². The second-order valence-corrected chi connectivity index (χ2v) is 9.23. The van der Waals surface area contributed by atoms with Crippen LogP contribution in [0.3, 0.4) is 0 Å². The fraction of sp³-hybridized carbons (Fsp3) is 0.455. The predicted octanol–water partition coefficient (Wildman–Crippen LogP) is 5.08. The zero-order chi connectivity index (χ0) is 20.4. The third-order valence-corrected chi connectivity index (χ3v) is 6.83. The molecule has 0 atom stereocenters. The third-order valence-electron chi connectivity index (χ3n) is 5.46. The van der Waals surface area contributed by atoms with Gasteiger partial charge >= 0.3 is 0 Å². The molecule has 29 heavy (non-hydrogen) atoms. The van der Waals surface area contributed by atoms with Crippen LogP contribution >= 0.6 is 22.9 Å². The van der Waals surface area contributed by atoms with Gasteiger partial charge in [-0.2, -0.15) is 0 Å². The van der Waals surface area contributed by atoms with Crippen LogP contribution in [0.25, 0.3) is 15.9 Å². The van der Waals surface area contributed by atoms with E-state index in [1.165, 1.54) is 29.7 Å². The monoisotopic (exact) mass is 430 g/mol. The fourth-order valence-electron chi connectivity index (χ4n) is 3.87. The van der Waals surface area contributed by atoms with Gasteiger partial charge in [-0.05, 0) is 49.7 Å². The van der Waals surface area contributed by atoms with Gasteiger partial charge in [-0.15, -0.1) is 11.3 Å². The van der Waals surface area contributed by atoms with Gasteiger partial charge in [0.25, 0.3) is 5.56 Å². The Hall–Kier alpha value is -1.89. The number of rotatable bonds is 7. The fourth-order valence-corrected chi connectivity index (χ4v) is 5.29. The Bertz CT molecular complexity index is 1060. The van der Waals surface area contributed by atoms with E-state index in [1.807, 2.05) is 24.3 Å². The van der Waals surface area contributed by atoms with Crippen LogP contribution in [0, 0.1) is 0 Å². The average Bonchev–Trinajstić information content (AvgIpc) is 3.06. The van der Waals surface area contributed by atoms with E-state index in [0.717, 1.165) is 48.4 Å². The number of likely N-dealkylation sites (N-methyl/N-ethyl adjacent to an activating group) is 1. The predicted molar refractivity (Wildman–Crippen MR) is 123 cm³/mol. The SMILES string of the molecule is CCCCCCNc1nc2sc3c(c2c(=O)n1-c1ccc(Cl)cc1)CCN(C)C3. The summed E-state index contributed by atoms with van der Waals surface area (Å²) in [5.74, 6) is 0.619. The number of aromatic nitrogens is 2. The summed E-state index contributed by atoms with van der Waals surface area (Å²) < 4.78 is 1.71. The topological polar surface area (TPSA) is 50.2 Å². The lowest BCUT2D eigenvalue weighted by Gasteiger charge is -2.21. The molecule has 0 spiro atoms. The number of hydrogen-bond acceptors (Lipinski definition) is 5. The van der Waals surface area contributed by atoms with Gasteiger partial charge in [-0.1, -0.05) is 37.8 Å². The number of anilines is 1. The number of hydrogen-bond donors (Lipinski definition) is 1. The van der Waals surface area contributed by atoms with Crippen molar-refractivity contribution in [1.82, 2.24) is 14.5 Å². The van der Waals surface area contributed by atoms with Crippen molar-refractivity contribution >= 4 is 39.1 Å². The van der Waals surface area contributed by atoms with E-state index in [4.69, 9.17) is 16.6 Å². The largest absolute Gasteiger partial charge is 0.355 e. The lowest BCUT2D eigenvalue weighted by Crippen LogP contribution is -2.27. The molecule has 5 nitrogen and oxygen atoms in total. The molecule has 3 heterocycles. The summed E-state index contributed by atoms with van der Waals surface area (Å²) in [7, 11) is 2.12. The minimum absolute atomic E-state index is 0.00966. The Morgan fingerprint density at radius 1 is 1.21 bits per heavy atom. The minimum Gasteiger partial charge on any atom is -0.355 e. The van der Waals surface area contributed by atoms with Crippen molar-refractivity contribution in [2.75, 3.05) is 25.5 Å². The summed E-state index contributed by atoms with van der Waals surface area (Å²) in [6, 6.07) is 7.39. The maximum absolute atomic E-state index is 13.6. The van der Waals surface area contributed by atoms with Crippen molar-refractivity contribution in [2.45, 2.75) is 45.6 Å². The molecule has 0 fully saturated rings. The van der Waals surface area contributed by atoms with Crippen molar-refractivity contribution in [3.63, 3.8) is 0 Å². The first kappa shape index (κ1) is 20.4. The van der Waals surface area contributed by atoms with Crippen molar-refractivity contribution < 1.29 is 0 Å². The van der Waals surface area contributed by atoms with Crippen molar-refractivity contribution in [3.8, 4) is 5.69 Å². The Kier molecular flexibility index (Phi) is 6.23. The zero-order valence-electron chi connectivity index (χ0n) is 17.0. The summed E-state index contributed by atoms with van der Waals surface area (Å²) in [5.41, 5.74) is 1.98. The highest BCUT2D eigenvalue weighted by Crippen LogP contribution is 2.33. The Morgan fingerprint density at radius 3 is 2.76 bits per heavy atom. The van der Waals surface area contributed by atoms with E-state index < -0.39 is 0 Å². The number of fused-ring (bicyclic) bond motifs is 3. The van der Waals surface area contributed by atoms with Gasteiger partial charge in [-0.25, -0.2) is 9.55 Å². The first-order valence-corrected chi connectivity index (χ1v) is 11.5. The van der Waals surface area contributed by atoms with Gasteiger partial charge in [0, 0.05) is 29.5 Å². The molecule has 0 saturated carbocycles. The standard InChI is InChI=1S/C22H27ClN4OS/c1-3-4-5-6-12-24-22-25-20-19(17-11-13-26(2)14-18(17)29-20)21(28)27(22)16-9-7-15(23)8-10-16/h7-10H,3-6,11-14H2,1-2H3,(H,24,25). The molecule has 4 rings (SSSR count). The molecule has 1 aliphatic heterocycles. The number of halogens is 1. The van der Waals surface area contributed by atoms with Crippen LogP contribution in [0.5, 0.6) is 0 Å². The summed E-state index contributed by atoms with van der Waals surface area (Å²) in [6.45, 7) is 4.86. The smallest absolute Gasteiger partial charge is 0.268 e. The highest BCUT2D eigenvalue weighted by molar-refractivity contribution is 7.18. The Labute approximate surface area is 180 Å². The molecule has 0 saturated heterocycles. The van der Waals surface area contributed by atoms with Gasteiger partial charge in [0.1, 0.15) is 4.83 Å². The molecule has 0 aliphatic carbocycles. The molecule has 7 heteroatoms. The van der Waals surface area contributed by atoms with E-state index in [0.29, 0.717) is 11.0 Å². The summed E-state index contributed by atoms with van der Waals surface area (Å²) >= 11 is 7.73. The molecule has 0 unspecified atom stereocenters. The number of benzene rings is 1. The second-order valence-electron chi connectivity index (χ2n) is 7.71. The average molecular weight is 431 g/mol. The molecule has 154 valence electrons. The van der Waals surface area contributed by atoms with Gasteiger partial charge in [-0.3, -0.25) is 4.79 Å². The second kappa shape index (κ2) is 8.86. The van der Waals surface area contributed by atoms with Crippen molar-refractivity contribution in [3.05, 3.63) is 50.1 Å². The maximum atomic E-state index is 13.6. The van der Waals surface area contributed by atoms with E-state index in [9.17, 15) is 4.79 Å². The van der Waals surface area contributed by atoms with Crippen molar-refractivity contribution in [2.24, 2.45) is 0 Å². The molecular formula is C22H27ClN4OS. The molecule has 3 aromatic rings. The van der Waals surface area contributed by atoms with Crippen LogP contribution in [0.2, 0.25) is 5.02 Å². The van der Waals surface area contributed by atoms with Gasteiger partial charge < -0.3 is 10.2 Å². The highest BCUT2D eigenvalue weighted by Gasteiger charge is 2.24. The number of unbranched alkanes of at least 4 members (excludes halogenated alkanes) is 3. The normalized spacial score (nSPS) is 14.3. The summed E-state index contributed by atoms with van der Waals surface area (Å²) in [5, 5.41) is 4.86.